The topological polar surface area (TPSA) is 63.6 Å². The fraction of sp³-hybridized carbons (Fsp3) is 0.300. The molecule has 126 valence electrons. The molecule has 0 aliphatic carbocycles. The van der Waals surface area contributed by atoms with Crippen LogP contribution in [0.5, 0.6) is 5.75 Å². The molecule has 4 nitrogen and oxygen atoms in total. The Morgan fingerprint density at radius 2 is 1.67 bits per heavy atom. The molecule has 0 bridgehead atoms. The van der Waals surface area contributed by atoms with Crippen LogP contribution in [0, 0.1) is 0 Å². The third-order valence-electron chi connectivity index (χ3n) is 3.93. The highest BCUT2D eigenvalue weighted by molar-refractivity contribution is 6.00. The van der Waals surface area contributed by atoms with Crippen molar-refractivity contribution in [1.29, 1.82) is 0 Å². The highest BCUT2D eigenvalue weighted by Crippen LogP contribution is 2.28. The summed E-state index contributed by atoms with van der Waals surface area (Å²) in [4.78, 5) is 24.3. The molecule has 0 fully saturated rings. The summed E-state index contributed by atoms with van der Waals surface area (Å²) in [7, 11) is 0. The number of benzene rings is 2. The van der Waals surface area contributed by atoms with Crippen LogP contribution in [0.25, 0.3) is 0 Å². The van der Waals surface area contributed by atoms with Gasteiger partial charge in [0, 0.05) is 0 Å². The molecule has 24 heavy (non-hydrogen) atoms. The number of rotatable bonds is 3. The molecule has 2 rings (SSSR count). The van der Waals surface area contributed by atoms with E-state index in [2.05, 4.69) is 0 Å². The zero-order valence-corrected chi connectivity index (χ0v) is 14.4. The highest BCUT2D eigenvalue weighted by atomic mass is 16.6. The fourth-order valence-corrected chi connectivity index (χ4v) is 2.28. The number of esters is 2. The van der Waals surface area contributed by atoms with E-state index in [1.165, 1.54) is 12.1 Å². The molecular weight excluding hydrogens is 304 g/mol. The second-order valence-corrected chi connectivity index (χ2v) is 6.82. The Labute approximate surface area is 142 Å². The highest BCUT2D eigenvalue weighted by Gasteiger charge is 2.23. The van der Waals surface area contributed by atoms with E-state index in [1.807, 2.05) is 39.0 Å². The van der Waals surface area contributed by atoms with Crippen molar-refractivity contribution in [1.82, 2.24) is 0 Å². The van der Waals surface area contributed by atoms with Crippen LogP contribution in [0.1, 0.15) is 55.1 Å². The van der Waals surface area contributed by atoms with Crippen molar-refractivity contribution in [3.05, 3.63) is 65.2 Å². The van der Waals surface area contributed by atoms with Crippen LogP contribution in [0.15, 0.2) is 48.5 Å². The van der Waals surface area contributed by atoms with Gasteiger partial charge < -0.3 is 9.84 Å². The van der Waals surface area contributed by atoms with Gasteiger partial charge in [-0.1, -0.05) is 57.2 Å². The van der Waals surface area contributed by atoms with Gasteiger partial charge in [0.15, 0.2) is 0 Å². The van der Waals surface area contributed by atoms with Gasteiger partial charge in [0.2, 0.25) is 0 Å². The minimum absolute atomic E-state index is 0.0170. The Kier molecular flexibility index (Phi) is 5.07. The first-order chi connectivity index (χ1) is 11.2. The molecule has 0 radical (unpaired) electrons. The number of phenols is 1. The van der Waals surface area contributed by atoms with Crippen LogP contribution in [-0.2, 0) is 14.9 Å². The number of carbonyl (C=O) groups excluding carboxylic acids is 2. The Balaban J connectivity index is 2.14. The van der Waals surface area contributed by atoms with Crippen LogP contribution in [0.4, 0.5) is 0 Å². The molecule has 2 aromatic carbocycles. The number of ether oxygens (including phenoxy) is 1. The lowest BCUT2D eigenvalue weighted by Gasteiger charge is -2.19. The maximum atomic E-state index is 12.2. The van der Waals surface area contributed by atoms with Crippen molar-refractivity contribution in [2.24, 2.45) is 0 Å². The van der Waals surface area contributed by atoms with Gasteiger partial charge in [-0.2, -0.15) is 0 Å². The minimum atomic E-state index is -0.847. The van der Waals surface area contributed by atoms with Crippen LogP contribution in [0.3, 0.4) is 0 Å². The summed E-state index contributed by atoms with van der Waals surface area (Å²) in [5, 5.41) is 10.1. The molecule has 1 N–H and O–H groups in total. The molecular formula is C20H22O4. The molecule has 0 unspecified atom stereocenters. The van der Waals surface area contributed by atoms with E-state index in [0.717, 1.165) is 11.1 Å². The molecule has 0 spiro atoms. The standard InChI is InChI=1S/C20H22O4/c1-13(14-8-6-5-7-9-14)18(22)24-19(23)16-11-10-15(12-17(16)21)20(2,3)4/h5-13,21H,1-4H3/t13-/m0/s1. The second-order valence-electron chi connectivity index (χ2n) is 6.82. The third-order valence-corrected chi connectivity index (χ3v) is 3.93. The largest absolute Gasteiger partial charge is 0.507 e. The summed E-state index contributed by atoms with van der Waals surface area (Å²) in [6.07, 6.45) is 0. The lowest BCUT2D eigenvalue weighted by Crippen LogP contribution is -2.18. The van der Waals surface area contributed by atoms with Crippen LogP contribution >= 0.6 is 0 Å². The van der Waals surface area contributed by atoms with Crippen LogP contribution < -0.4 is 0 Å². The molecule has 0 aliphatic rings. The maximum absolute atomic E-state index is 12.2. The summed E-state index contributed by atoms with van der Waals surface area (Å²) in [6.45, 7) is 7.69. The molecule has 4 heteroatoms. The Morgan fingerprint density at radius 3 is 2.21 bits per heavy atom. The van der Waals surface area contributed by atoms with Crippen molar-refractivity contribution < 1.29 is 19.4 Å². The molecule has 0 saturated carbocycles. The lowest BCUT2D eigenvalue weighted by molar-refractivity contribution is -0.139. The van der Waals surface area contributed by atoms with Gasteiger partial charge in [-0.3, -0.25) is 4.79 Å². The fourth-order valence-electron chi connectivity index (χ4n) is 2.28. The van der Waals surface area contributed by atoms with E-state index < -0.39 is 17.9 Å². The molecule has 0 heterocycles. The maximum Gasteiger partial charge on any atom is 0.349 e. The molecule has 0 saturated heterocycles. The second kappa shape index (κ2) is 6.87. The first-order valence-electron chi connectivity index (χ1n) is 7.84. The van der Waals surface area contributed by atoms with Crippen molar-refractivity contribution in [3.8, 4) is 5.75 Å². The summed E-state index contributed by atoms with van der Waals surface area (Å²) in [6, 6.07) is 13.8. The SMILES string of the molecule is C[C@H](C(=O)OC(=O)c1ccc(C(C)(C)C)cc1O)c1ccccc1. The van der Waals surface area contributed by atoms with E-state index in [1.54, 1.807) is 25.1 Å². The van der Waals surface area contributed by atoms with E-state index in [4.69, 9.17) is 4.74 Å². The van der Waals surface area contributed by atoms with E-state index in [-0.39, 0.29) is 16.7 Å². The Morgan fingerprint density at radius 1 is 1.04 bits per heavy atom. The first-order valence-corrected chi connectivity index (χ1v) is 7.84. The zero-order chi connectivity index (χ0) is 17.9. The molecule has 0 aromatic heterocycles. The van der Waals surface area contributed by atoms with Crippen molar-refractivity contribution in [2.75, 3.05) is 0 Å². The minimum Gasteiger partial charge on any atom is -0.507 e. The van der Waals surface area contributed by atoms with Crippen LogP contribution in [-0.4, -0.2) is 17.0 Å². The average molecular weight is 326 g/mol. The van der Waals surface area contributed by atoms with E-state index >= 15 is 0 Å². The summed E-state index contributed by atoms with van der Waals surface area (Å²) in [5.74, 6) is -2.25. The summed E-state index contributed by atoms with van der Waals surface area (Å²) >= 11 is 0. The van der Waals surface area contributed by atoms with Gasteiger partial charge >= 0.3 is 11.9 Å². The first kappa shape index (κ1) is 17.7. The monoisotopic (exact) mass is 326 g/mol. The van der Waals surface area contributed by atoms with E-state index in [9.17, 15) is 14.7 Å². The van der Waals surface area contributed by atoms with Gasteiger partial charge in [0.25, 0.3) is 0 Å². The Bertz CT molecular complexity index is 742. The molecule has 0 amide bonds. The lowest BCUT2D eigenvalue weighted by atomic mass is 9.86. The average Bonchev–Trinajstić information content (AvgIpc) is 2.53. The molecule has 1 atom stereocenters. The number of hydrogen-bond acceptors (Lipinski definition) is 4. The number of carbonyl (C=O) groups is 2. The zero-order valence-electron chi connectivity index (χ0n) is 14.4. The van der Waals surface area contributed by atoms with Gasteiger partial charge in [0.1, 0.15) is 11.3 Å². The van der Waals surface area contributed by atoms with E-state index in [0.29, 0.717) is 0 Å². The van der Waals surface area contributed by atoms with Gasteiger partial charge in [0.05, 0.1) is 5.92 Å². The quantitative estimate of drug-likeness (QED) is 0.679. The van der Waals surface area contributed by atoms with Crippen molar-refractivity contribution >= 4 is 11.9 Å². The summed E-state index contributed by atoms with van der Waals surface area (Å²) < 4.78 is 4.92. The van der Waals surface area contributed by atoms with Gasteiger partial charge in [-0.15, -0.1) is 0 Å². The summed E-state index contributed by atoms with van der Waals surface area (Å²) in [5.41, 5.74) is 1.48. The van der Waals surface area contributed by atoms with Crippen LogP contribution in [0.2, 0.25) is 0 Å². The predicted octanol–water partition coefficient (Wildman–Crippen LogP) is 4.18. The smallest absolute Gasteiger partial charge is 0.349 e. The number of phenolic OH excluding ortho intramolecular Hbond substituents is 1. The van der Waals surface area contributed by atoms with Gasteiger partial charge in [-0.25, -0.2) is 4.79 Å². The van der Waals surface area contributed by atoms with Gasteiger partial charge in [-0.05, 0) is 35.6 Å². The van der Waals surface area contributed by atoms with Crippen molar-refractivity contribution in [3.63, 3.8) is 0 Å². The number of hydrogen-bond donors (Lipinski definition) is 1. The molecule has 2 aromatic rings. The Hall–Kier alpha value is -2.62. The predicted molar refractivity (Wildman–Crippen MR) is 92.1 cm³/mol. The van der Waals surface area contributed by atoms with Crippen molar-refractivity contribution in [2.45, 2.75) is 39.0 Å². The molecule has 0 aliphatic heterocycles. The normalized spacial score (nSPS) is 12.5. The third kappa shape index (κ3) is 4.02. The number of aromatic hydroxyl groups is 1.